The lowest BCUT2D eigenvalue weighted by Gasteiger charge is -2.36. The molecule has 1 aliphatic rings. The van der Waals surface area contributed by atoms with Gasteiger partial charge in [0.05, 0.1) is 4.90 Å². The van der Waals surface area contributed by atoms with Gasteiger partial charge >= 0.3 is 0 Å². The summed E-state index contributed by atoms with van der Waals surface area (Å²) < 4.78 is 28.0. The maximum absolute atomic E-state index is 12.5. The summed E-state index contributed by atoms with van der Waals surface area (Å²) in [7, 11) is -3.44. The van der Waals surface area contributed by atoms with Crippen LogP contribution in [0.4, 0.5) is 0 Å². The molecular weight excluding hydrogens is 282 g/mol. The maximum atomic E-state index is 12.5. The molecule has 0 aliphatic heterocycles. The second kappa shape index (κ2) is 6.75. The molecule has 0 heterocycles. The lowest BCUT2D eigenvalue weighted by molar-refractivity contribution is 0.210. The topological polar surface area (TPSA) is 46.2 Å². The molecule has 1 N–H and O–H groups in total. The number of aryl methyl sites for hydroxylation is 1. The molecule has 3 atom stereocenters. The maximum Gasteiger partial charge on any atom is 0.240 e. The predicted octanol–water partition coefficient (Wildman–Crippen LogP) is 3.65. The van der Waals surface area contributed by atoms with Crippen molar-refractivity contribution in [2.45, 2.75) is 50.5 Å². The van der Waals surface area contributed by atoms with Crippen molar-refractivity contribution < 1.29 is 8.42 Å². The van der Waals surface area contributed by atoms with Gasteiger partial charge < -0.3 is 0 Å². The monoisotopic (exact) mass is 307 g/mol. The van der Waals surface area contributed by atoms with Gasteiger partial charge in [0.25, 0.3) is 0 Å². The molecule has 1 aromatic carbocycles. The summed E-state index contributed by atoms with van der Waals surface area (Å²) in [6.45, 7) is 7.97. The SMILES string of the molecule is C=CC[C@H]1[C@H](C)CCC[C@H]1NS(=O)(=O)c1ccc(C)cc1. The Labute approximate surface area is 128 Å². The fraction of sp³-hybridized carbons (Fsp3) is 0.529. The number of hydrogen-bond donors (Lipinski definition) is 1. The zero-order valence-electron chi connectivity index (χ0n) is 12.9. The van der Waals surface area contributed by atoms with Crippen LogP contribution in [-0.2, 0) is 10.0 Å². The van der Waals surface area contributed by atoms with Crippen molar-refractivity contribution in [1.29, 1.82) is 0 Å². The quantitative estimate of drug-likeness (QED) is 0.844. The third-order valence-corrected chi connectivity index (χ3v) is 6.00. The second-order valence-corrected chi connectivity index (χ2v) is 7.85. The van der Waals surface area contributed by atoms with Crippen LogP contribution in [0.15, 0.2) is 41.8 Å². The van der Waals surface area contributed by atoms with E-state index in [9.17, 15) is 8.42 Å². The van der Waals surface area contributed by atoms with Crippen LogP contribution in [0, 0.1) is 18.8 Å². The molecule has 0 unspecified atom stereocenters. The van der Waals surface area contributed by atoms with Crippen molar-refractivity contribution in [3.8, 4) is 0 Å². The lowest BCUT2D eigenvalue weighted by atomic mass is 9.75. The third-order valence-electron chi connectivity index (χ3n) is 4.50. The van der Waals surface area contributed by atoms with E-state index in [0.717, 1.165) is 24.8 Å². The first-order chi connectivity index (χ1) is 9.94. The number of hydrogen-bond acceptors (Lipinski definition) is 2. The minimum absolute atomic E-state index is 0.0121. The summed E-state index contributed by atoms with van der Waals surface area (Å²) in [4.78, 5) is 0.351. The largest absolute Gasteiger partial charge is 0.240 e. The number of rotatable bonds is 5. The Morgan fingerprint density at radius 2 is 1.95 bits per heavy atom. The van der Waals surface area contributed by atoms with Crippen LogP contribution in [-0.4, -0.2) is 14.5 Å². The van der Waals surface area contributed by atoms with E-state index in [1.807, 2.05) is 25.1 Å². The van der Waals surface area contributed by atoms with Crippen LogP contribution in [0.1, 0.15) is 38.2 Å². The van der Waals surface area contributed by atoms with E-state index in [0.29, 0.717) is 16.7 Å². The highest BCUT2D eigenvalue weighted by atomic mass is 32.2. The summed E-state index contributed by atoms with van der Waals surface area (Å²) in [5, 5.41) is 0. The Kier molecular flexibility index (Phi) is 5.22. The van der Waals surface area contributed by atoms with Gasteiger partial charge in [0.1, 0.15) is 0 Å². The van der Waals surface area contributed by atoms with Gasteiger partial charge in [0, 0.05) is 6.04 Å². The molecule has 1 fully saturated rings. The van der Waals surface area contributed by atoms with Crippen LogP contribution < -0.4 is 4.72 Å². The van der Waals surface area contributed by atoms with E-state index in [1.165, 1.54) is 6.42 Å². The minimum atomic E-state index is -3.44. The zero-order chi connectivity index (χ0) is 15.5. The summed E-state index contributed by atoms with van der Waals surface area (Å²) in [5.74, 6) is 0.874. The smallest absolute Gasteiger partial charge is 0.208 e. The summed E-state index contributed by atoms with van der Waals surface area (Å²) in [6, 6.07) is 7.02. The van der Waals surface area contributed by atoms with Crippen molar-refractivity contribution in [3.05, 3.63) is 42.5 Å². The molecule has 0 radical (unpaired) electrons. The van der Waals surface area contributed by atoms with Crippen LogP contribution in [0.25, 0.3) is 0 Å². The molecule has 21 heavy (non-hydrogen) atoms. The molecule has 1 aromatic rings. The van der Waals surface area contributed by atoms with E-state index in [-0.39, 0.29) is 6.04 Å². The molecule has 1 saturated carbocycles. The van der Waals surface area contributed by atoms with Crippen LogP contribution in [0.2, 0.25) is 0 Å². The first-order valence-corrected chi connectivity index (χ1v) is 9.12. The molecule has 0 amide bonds. The normalized spacial score (nSPS) is 26.5. The van der Waals surface area contributed by atoms with E-state index in [1.54, 1.807) is 12.1 Å². The van der Waals surface area contributed by atoms with E-state index in [2.05, 4.69) is 18.2 Å². The number of allylic oxidation sites excluding steroid dienone is 1. The van der Waals surface area contributed by atoms with Gasteiger partial charge in [-0.2, -0.15) is 0 Å². The Balaban J connectivity index is 2.17. The molecule has 116 valence electrons. The Bertz CT molecular complexity index is 577. The zero-order valence-corrected chi connectivity index (χ0v) is 13.7. The highest BCUT2D eigenvalue weighted by molar-refractivity contribution is 7.89. The van der Waals surface area contributed by atoms with Gasteiger partial charge in [0.15, 0.2) is 0 Å². The van der Waals surface area contributed by atoms with Crippen molar-refractivity contribution >= 4 is 10.0 Å². The summed E-state index contributed by atoms with van der Waals surface area (Å²) >= 11 is 0. The van der Waals surface area contributed by atoms with E-state index >= 15 is 0 Å². The molecule has 0 spiro atoms. The molecule has 0 bridgehead atoms. The van der Waals surface area contributed by atoms with Crippen molar-refractivity contribution in [2.75, 3.05) is 0 Å². The van der Waals surface area contributed by atoms with Gasteiger partial charge in [-0.3, -0.25) is 0 Å². The fourth-order valence-corrected chi connectivity index (χ4v) is 4.53. The average Bonchev–Trinajstić information content (AvgIpc) is 2.43. The number of nitrogens with one attached hydrogen (secondary N) is 1. The molecule has 3 nitrogen and oxygen atoms in total. The van der Waals surface area contributed by atoms with Crippen LogP contribution >= 0.6 is 0 Å². The van der Waals surface area contributed by atoms with Crippen LogP contribution in [0.3, 0.4) is 0 Å². The van der Waals surface area contributed by atoms with Gasteiger partial charge in [-0.15, -0.1) is 6.58 Å². The van der Waals surface area contributed by atoms with Crippen LogP contribution in [0.5, 0.6) is 0 Å². The Morgan fingerprint density at radius 3 is 2.57 bits per heavy atom. The van der Waals surface area contributed by atoms with E-state index < -0.39 is 10.0 Å². The van der Waals surface area contributed by atoms with Gasteiger partial charge in [-0.05, 0) is 43.7 Å². The second-order valence-electron chi connectivity index (χ2n) is 6.14. The Hall–Kier alpha value is -1.13. The standard InChI is InChI=1S/C17H25NO2S/c1-4-6-16-14(3)7-5-8-17(16)18-21(19,20)15-11-9-13(2)10-12-15/h4,9-12,14,16-18H,1,5-8H2,2-3H3/t14-,16+,17-/m1/s1. The number of sulfonamides is 1. The fourth-order valence-electron chi connectivity index (χ4n) is 3.20. The lowest BCUT2D eigenvalue weighted by Crippen LogP contribution is -2.44. The molecule has 0 saturated heterocycles. The van der Waals surface area contributed by atoms with E-state index in [4.69, 9.17) is 0 Å². The molecule has 0 aromatic heterocycles. The number of benzene rings is 1. The summed E-state index contributed by atoms with van der Waals surface area (Å²) in [5.41, 5.74) is 1.06. The molecule has 4 heteroatoms. The van der Waals surface area contributed by atoms with Gasteiger partial charge in [-0.1, -0.05) is 43.5 Å². The third kappa shape index (κ3) is 3.95. The first kappa shape index (κ1) is 16.2. The van der Waals surface area contributed by atoms with Crippen molar-refractivity contribution in [1.82, 2.24) is 4.72 Å². The molecule has 2 rings (SSSR count). The highest BCUT2D eigenvalue weighted by Gasteiger charge is 2.32. The Morgan fingerprint density at radius 1 is 1.29 bits per heavy atom. The highest BCUT2D eigenvalue weighted by Crippen LogP contribution is 2.33. The predicted molar refractivity (Wildman–Crippen MR) is 86.6 cm³/mol. The molecular formula is C17H25NO2S. The summed E-state index contributed by atoms with van der Waals surface area (Å²) in [6.07, 6.45) is 5.92. The molecule has 1 aliphatic carbocycles. The minimum Gasteiger partial charge on any atom is -0.208 e. The average molecular weight is 307 g/mol. The van der Waals surface area contributed by atoms with Gasteiger partial charge in [0.2, 0.25) is 10.0 Å². The first-order valence-electron chi connectivity index (χ1n) is 7.64. The van der Waals surface area contributed by atoms with Crippen molar-refractivity contribution in [3.63, 3.8) is 0 Å². The van der Waals surface area contributed by atoms with Gasteiger partial charge in [-0.25, -0.2) is 13.1 Å². The van der Waals surface area contributed by atoms with Crippen molar-refractivity contribution in [2.24, 2.45) is 11.8 Å².